The molecule has 2 N–H and O–H groups in total. The fourth-order valence-corrected chi connectivity index (χ4v) is 3.47. The lowest BCUT2D eigenvalue weighted by Crippen LogP contribution is -2.51. The van der Waals surface area contributed by atoms with Crippen molar-refractivity contribution >= 4 is 11.8 Å². The lowest BCUT2D eigenvalue weighted by molar-refractivity contribution is -0.124. The van der Waals surface area contributed by atoms with Crippen molar-refractivity contribution in [1.29, 1.82) is 0 Å². The summed E-state index contributed by atoms with van der Waals surface area (Å²) in [6, 6.07) is 14.7. The van der Waals surface area contributed by atoms with E-state index in [0.29, 0.717) is 12.1 Å². The smallest absolute Gasteiger partial charge is 0.251 e. The molecule has 0 aliphatic carbocycles. The predicted octanol–water partition coefficient (Wildman–Crippen LogP) is 3.78. The number of hydrogen-bond acceptors (Lipinski definition) is 3. The Balaban J connectivity index is 2.09. The van der Waals surface area contributed by atoms with Crippen LogP contribution in [0.3, 0.4) is 0 Å². The van der Waals surface area contributed by atoms with Crippen LogP contribution in [-0.4, -0.2) is 42.4 Å². The Hall–Kier alpha value is -2.73. The molecule has 0 spiro atoms. The maximum atomic E-state index is 13.1. The summed E-state index contributed by atoms with van der Waals surface area (Å²) in [5.41, 5.74) is 1.46. The van der Waals surface area contributed by atoms with Crippen molar-refractivity contribution in [3.63, 3.8) is 0 Å². The molecule has 0 radical (unpaired) electrons. The van der Waals surface area contributed by atoms with Crippen LogP contribution in [0.1, 0.15) is 49.7 Å². The molecule has 6 heteroatoms. The van der Waals surface area contributed by atoms with Crippen LogP contribution in [0.5, 0.6) is 0 Å². The average molecular weight is 414 g/mol. The number of carbonyl (C=O) groups excluding carboxylic acids is 2. The zero-order chi connectivity index (χ0) is 22.1. The highest BCUT2D eigenvalue weighted by molar-refractivity contribution is 5.97. The highest BCUT2D eigenvalue weighted by Gasteiger charge is 2.26. The van der Waals surface area contributed by atoms with Crippen molar-refractivity contribution in [2.75, 3.05) is 19.6 Å². The second-order valence-electron chi connectivity index (χ2n) is 7.59. The maximum Gasteiger partial charge on any atom is 0.251 e. The molecule has 2 atom stereocenters. The van der Waals surface area contributed by atoms with Crippen LogP contribution >= 0.6 is 0 Å². The molecule has 0 bridgehead atoms. The molecular formula is C24H32FN3O2. The molecule has 2 rings (SSSR count). The van der Waals surface area contributed by atoms with E-state index >= 15 is 0 Å². The number of hydrogen-bond donors (Lipinski definition) is 2. The maximum absolute atomic E-state index is 13.1. The summed E-state index contributed by atoms with van der Waals surface area (Å²) in [6.45, 7) is 10.1. The van der Waals surface area contributed by atoms with E-state index in [-0.39, 0.29) is 17.9 Å². The van der Waals surface area contributed by atoms with Crippen LogP contribution in [0.2, 0.25) is 0 Å². The van der Waals surface area contributed by atoms with Crippen molar-refractivity contribution in [2.24, 2.45) is 5.92 Å². The molecule has 0 aromatic heterocycles. The number of nitrogens with zero attached hydrogens (tertiary/aromatic N) is 1. The number of nitrogens with one attached hydrogen (secondary N) is 2. The van der Waals surface area contributed by atoms with Gasteiger partial charge in [0.1, 0.15) is 11.9 Å². The molecule has 0 aliphatic rings. The largest absolute Gasteiger partial charge is 0.352 e. The van der Waals surface area contributed by atoms with Gasteiger partial charge in [-0.25, -0.2) is 4.39 Å². The van der Waals surface area contributed by atoms with Gasteiger partial charge in [-0.1, -0.05) is 58.0 Å². The minimum absolute atomic E-state index is 0.0470. The number of benzene rings is 2. The van der Waals surface area contributed by atoms with Crippen LogP contribution in [0, 0.1) is 11.7 Å². The Labute approximate surface area is 178 Å². The third-order valence-electron chi connectivity index (χ3n) is 5.25. The molecule has 0 heterocycles. The molecule has 2 aromatic carbocycles. The van der Waals surface area contributed by atoms with E-state index in [1.54, 1.807) is 0 Å². The average Bonchev–Trinajstić information content (AvgIpc) is 2.75. The van der Waals surface area contributed by atoms with Crippen molar-refractivity contribution in [2.45, 2.75) is 39.8 Å². The standard InChI is InChI=1S/C24H32FN3O2/c1-5-28(6-2)21(18-10-8-7-9-11-18)16-26-24(30)22(17(3)4)27-23(29)19-12-14-20(25)15-13-19/h7-15,17,21-22H,5-6,16H2,1-4H3,(H,26,30)(H,27,29)/t21-,22+/m1/s1. The van der Waals surface area contributed by atoms with E-state index < -0.39 is 17.8 Å². The second-order valence-corrected chi connectivity index (χ2v) is 7.59. The zero-order valence-corrected chi connectivity index (χ0v) is 18.2. The fourth-order valence-electron chi connectivity index (χ4n) is 3.47. The Morgan fingerprint density at radius 3 is 2.10 bits per heavy atom. The van der Waals surface area contributed by atoms with E-state index in [9.17, 15) is 14.0 Å². The first-order valence-electron chi connectivity index (χ1n) is 10.5. The molecule has 2 amide bonds. The molecule has 5 nitrogen and oxygen atoms in total. The highest BCUT2D eigenvalue weighted by Crippen LogP contribution is 2.19. The van der Waals surface area contributed by atoms with E-state index in [2.05, 4.69) is 41.5 Å². The van der Waals surface area contributed by atoms with Gasteiger partial charge >= 0.3 is 0 Å². The lowest BCUT2D eigenvalue weighted by atomic mass is 10.0. The summed E-state index contributed by atoms with van der Waals surface area (Å²) >= 11 is 0. The Morgan fingerprint density at radius 2 is 1.57 bits per heavy atom. The van der Waals surface area contributed by atoms with Gasteiger partial charge in [0.25, 0.3) is 5.91 Å². The van der Waals surface area contributed by atoms with Crippen molar-refractivity contribution in [1.82, 2.24) is 15.5 Å². The van der Waals surface area contributed by atoms with Gasteiger partial charge in [-0.05, 0) is 48.8 Å². The highest BCUT2D eigenvalue weighted by atomic mass is 19.1. The molecule has 0 aliphatic heterocycles. The van der Waals surface area contributed by atoms with Crippen LogP contribution in [0.15, 0.2) is 54.6 Å². The third kappa shape index (κ3) is 6.39. The normalized spacial score (nSPS) is 13.2. The van der Waals surface area contributed by atoms with Gasteiger partial charge in [0, 0.05) is 12.1 Å². The first-order chi connectivity index (χ1) is 14.4. The molecule has 162 valence electrons. The Kier molecular flexibility index (Phi) is 8.99. The predicted molar refractivity (Wildman–Crippen MR) is 118 cm³/mol. The monoisotopic (exact) mass is 413 g/mol. The van der Waals surface area contributed by atoms with Gasteiger partial charge in [-0.15, -0.1) is 0 Å². The molecule has 0 fully saturated rings. The van der Waals surface area contributed by atoms with Gasteiger partial charge in [0.15, 0.2) is 0 Å². The number of carbonyl (C=O) groups is 2. The fraction of sp³-hybridized carbons (Fsp3) is 0.417. The molecular weight excluding hydrogens is 381 g/mol. The first kappa shape index (κ1) is 23.5. The summed E-state index contributed by atoms with van der Waals surface area (Å²) in [6.07, 6.45) is 0. The summed E-state index contributed by atoms with van der Waals surface area (Å²) in [7, 11) is 0. The summed E-state index contributed by atoms with van der Waals surface area (Å²) < 4.78 is 13.1. The van der Waals surface area contributed by atoms with Crippen molar-refractivity contribution in [3.8, 4) is 0 Å². The van der Waals surface area contributed by atoms with Crippen molar-refractivity contribution in [3.05, 3.63) is 71.5 Å². The topological polar surface area (TPSA) is 61.4 Å². The Morgan fingerprint density at radius 1 is 0.967 bits per heavy atom. The number of amides is 2. The number of likely N-dealkylation sites (N-methyl/N-ethyl adjacent to an activating group) is 1. The Bertz CT molecular complexity index is 805. The van der Waals surface area contributed by atoms with Gasteiger partial charge < -0.3 is 10.6 Å². The van der Waals surface area contributed by atoms with Crippen LogP contribution in [0.4, 0.5) is 4.39 Å². The molecule has 30 heavy (non-hydrogen) atoms. The van der Waals surface area contributed by atoms with Crippen LogP contribution < -0.4 is 10.6 Å². The second kappa shape index (κ2) is 11.5. The molecule has 0 saturated carbocycles. The van der Waals surface area contributed by atoms with E-state index in [1.165, 1.54) is 24.3 Å². The third-order valence-corrected chi connectivity index (χ3v) is 5.25. The summed E-state index contributed by atoms with van der Waals surface area (Å²) in [4.78, 5) is 27.7. The SMILES string of the molecule is CCN(CC)[C@H](CNC(=O)[C@@H](NC(=O)c1ccc(F)cc1)C(C)C)c1ccccc1. The van der Waals surface area contributed by atoms with Crippen LogP contribution in [-0.2, 0) is 4.79 Å². The number of halogens is 1. The van der Waals surface area contributed by atoms with E-state index in [4.69, 9.17) is 0 Å². The molecule has 2 aromatic rings. The molecule has 0 unspecified atom stereocenters. The van der Waals surface area contributed by atoms with Gasteiger partial charge in [-0.2, -0.15) is 0 Å². The molecule has 0 saturated heterocycles. The van der Waals surface area contributed by atoms with E-state index in [0.717, 1.165) is 18.7 Å². The quantitative estimate of drug-likeness (QED) is 0.623. The lowest BCUT2D eigenvalue weighted by Gasteiger charge is -2.31. The minimum Gasteiger partial charge on any atom is -0.352 e. The number of rotatable bonds is 10. The van der Waals surface area contributed by atoms with Crippen molar-refractivity contribution < 1.29 is 14.0 Å². The summed E-state index contributed by atoms with van der Waals surface area (Å²) in [5, 5.41) is 5.81. The van der Waals surface area contributed by atoms with Gasteiger partial charge in [0.05, 0.1) is 6.04 Å². The zero-order valence-electron chi connectivity index (χ0n) is 18.2. The van der Waals surface area contributed by atoms with Gasteiger partial charge in [0.2, 0.25) is 5.91 Å². The first-order valence-corrected chi connectivity index (χ1v) is 10.5. The summed E-state index contributed by atoms with van der Waals surface area (Å²) in [5.74, 6) is -1.13. The van der Waals surface area contributed by atoms with Crippen LogP contribution in [0.25, 0.3) is 0 Å². The minimum atomic E-state index is -0.685. The van der Waals surface area contributed by atoms with Gasteiger partial charge in [-0.3, -0.25) is 14.5 Å². The van der Waals surface area contributed by atoms with E-state index in [1.807, 2.05) is 32.0 Å².